The minimum atomic E-state index is -4.62. The summed E-state index contributed by atoms with van der Waals surface area (Å²) < 4.78 is 64.4. The van der Waals surface area contributed by atoms with Crippen LogP contribution in [0, 0.1) is 0 Å². The Kier molecular flexibility index (Phi) is 3.56. The molecule has 0 bridgehead atoms. The van der Waals surface area contributed by atoms with E-state index in [0.717, 1.165) is 12.4 Å². The summed E-state index contributed by atoms with van der Waals surface area (Å²) in [6.07, 6.45) is 2.10. The second-order valence-corrected chi connectivity index (χ2v) is 6.30. The van der Waals surface area contributed by atoms with E-state index in [1.807, 2.05) is 0 Å². The van der Waals surface area contributed by atoms with Crippen LogP contribution in [0.4, 0.5) is 0 Å². The van der Waals surface area contributed by atoms with Gasteiger partial charge in [0.2, 0.25) is 0 Å². The van der Waals surface area contributed by atoms with Crippen LogP contribution in [0.15, 0.2) is 48.8 Å². The third-order valence-corrected chi connectivity index (χ3v) is 4.04. The van der Waals surface area contributed by atoms with Crippen molar-refractivity contribution in [3.8, 4) is 11.4 Å². The van der Waals surface area contributed by atoms with Crippen LogP contribution in [-0.4, -0.2) is 25.9 Å². The van der Waals surface area contributed by atoms with Crippen molar-refractivity contribution in [1.82, 2.24) is 0 Å². The number of hydrogen-bond acceptors (Lipinski definition) is 4. The average Bonchev–Trinajstić information content (AvgIpc) is 2.37. The molecule has 0 fully saturated rings. The topological polar surface area (TPSA) is 117 Å². The van der Waals surface area contributed by atoms with Crippen LogP contribution in [0.25, 0.3) is 11.4 Å². The van der Waals surface area contributed by atoms with Gasteiger partial charge in [-0.25, -0.2) is 9.11 Å². The van der Waals surface area contributed by atoms with Gasteiger partial charge in [0.1, 0.15) is 0 Å². The lowest BCUT2D eigenvalue weighted by molar-refractivity contribution is -0.540. The zero-order chi connectivity index (χ0) is 15.0. The fourth-order valence-electron chi connectivity index (χ4n) is 1.66. The van der Waals surface area contributed by atoms with E-state index in [1.165, 1.54) is 36.4 Å². The van der Waals surface area contributed by atoms with Crippen molar-refractivity contribution in [2.45, 2.75) is 0 Å². The van der Waals surface area contributed by atoms with E-state index in [9.17, 15) is 16.8 Å². The maximum atomic E-state index is 11.3. The molecule has 0 saturated carbocycles. The molecule has 0 aliphatic carbocycles. The molecule has 0 atom stereocenters. The van der Waals surface area contributed by atoms with Gasteiger partial charge < -0.3 is 0 Å². The van der Waals surface area contributed by atoms with Crippen LogP contribution in [0.1, 0.15) is 0 Å². The molecule has 0 saturated heterocycles. The van der Waals surface area contributed by atoms with E-state index in [2.05, 4.69) is 0 Å². The first-order valence-electron chi connectivity index (χ1n) is 5.19. The molecule has 2 rings (SSSR count). The molecule has 0 aromatic carbocycles. The highest BCUT2D eigenvalue weighted by molar-refractivity contribution is 7.79. The smallest absolute Gasteiger partial charge is 0.233 e. The molecule has 2 aromatic rings. The highest BCUT2D eigenvalue weighted by atomic mass is 32.2. The molecule has 2 heterocycles. The molecule has 2 aromatic heterocycles. The lowest BCUT2D eigenvalue weighted by atomic mass is 10.2. The van der Waals surface area contributed by atoms with Crippen LogP contribution in [0.5, 0.6) is 0 Å². The molecule has 8 nitrogen and oxygen atoms in total. The summed E-state index contributed by atoms with van der Waals surface area (Å²) in [7, 11) is -9.23. The first-order chi connectivity index (χ1) is 9.21. The molecule has 0 unspecified atom stereocenters. The van der Waals surface area contributed by atoms with E-state index in [-0.39, 0.29) is 11.4 Å². The summed E-state index contributed by atoms with van der Waals surface area (Å²) in [5, 5.41) is 0. The molecular formula is C10H10N2O6S2+2. The average molecular weight is 318 g/mol. The SMILES string of the molecule is O=S(=O)(O)[n+]1ccccc1-c1cccc[n+]1S(=O)(=O)O. The van der Waals surface area contributed by atoms with Crippen LogP contribution in [-0.2, 0) is 20.6 Å². The minimum absolute atomic E-state index is 0.131. The van der Waals surface area contributed by atoms with E-state index in [0.29, 0.717) is 7.94 Å². The Labute approximate surface area is 115 Å². The molecule has 20 heavy (non-hydrogen) atoms. The maximum Gasteiger partial charge on any atom is 0.512 e. The summed E-state index contributed by atoms with van der Waals surface area (Å²) in [6, 6.07) is 8.17. The number of nitrogens with zero attached hydrogens (tertiary/aromatic N) is 2. The first kappa shape index (κ1) is 14.5. The van der Waals surface area contributed by atoms with Crippen molar-refractivity contribution >= 4 is 20.6 Å². The predicted molar refractivity (Wildman–Crippen MR) is 66.2 cm³/mol. The zero-order valence-electron chi connectivity index (χ0n) is 9.86. The molecule has 0 aliphatic heterocycles. The number of rotatable bonds is 3. The molecule has 0 amide bonds. The van der Waals surface area contributed by atoms with Gasteiger partial charge in [0.05, 0.1) is 0 Å². The van der Waals surface area contributed by atoms with Crippen molar-refractivity contribution in [3.05, 3.63) is 48.8 Å². The Morgan fingerprint density at radius 3 is 1.35 bits per heavy atom. The lowest BCUT2D eigenvalue weighted by Crippen LogP contribution is -2.49. The maximum absolute atomic E-state index is 11.3. The monoisotopic (exact) mass is 318 g/mol. The van der Waals surface area contributed by atoms with Gasteiger partial charge in [-0.1, -0.05) is 7.94 Å². The van der Waals surface area contributed by atoms with Gasteiger partial charge in [0.25, 0.3) is 11.4 Å². The number of hydrogen-bond donors (Lipinski definition) is 2. The molecule has 0 spiro atoms. The zero-order valence-corrected chi connectivity index (χ0v) is 11.5. The van der Waals surface area contributed by atoms with Gasteiger partial charge in [-0.05, 0) is 12.1 Å². The predicted octanol–water partition coefficient (Wildman–Crippen LogP) is -0.770. The van der Waals surface area contributed by atoms with Gasteiger partial charge in [-0.3, -0.25) is 0 Å². The Balaban J connectivity index is 2.85. The van der Waals surface area contributed by atoms with Crippen molar-refractivity contribution in [1.29, 1.82) is 0 Å². The molecule has 106 valence electrons. The first-order valence-corrected chi connectivity index (χ1v) is 7.98. The molecule has 0 aliphatic rings. The van der Waals surface area contributed by atoms with Crippen molar-refractivity contribution < 1.29 is 33.9 Å². The largest absolute Gasteiger partial charge is 0.512 e. The van der Waals surface area contributed by atoms with Crippen molar-refractivity contribution in [2.75, 3.05) is 0 Å². The second-order valence-electron chi connectivity index (χ2n) is 3.72. The lowest BCUT2D eigenvalue weighted by Gasteiger charge is -1.99. The quantitative estimate of drug-likeness (QED) is 0.567. The Bertz CT molecular complexity index is 787. The van der Waals surface area contributed by atoms with Gasteiger partial charge in [-0.2, -0.15) is 0 Å². The summed E-state index contributed by atoms with van der Waals surface area (Å²) in [5.74, 6) is 0. The minimum Gasteiger partial charge on any atom is -0.233 e. The summed E-state index contributed by atoms with van der Waals surface area (Å²) in [4.78, 5) is 0. The van der Waals surface area contributed by atoms with Crippen LogP contribution in [0.3, 0.4) is 0 Å². The van der Waals surface area contributed by atoms with E-state index >= 15 is 0 Å². The Morgan fingerprint density at radius 1 is 0.700 bits per heavy atom. The fourth-order valence-corrected chi connectivity index (χ4v) is 2.91. The van der Waals surface area contributed by atoms with E-state index in [1.54, 1.807) is 0 Å². The van der Waals surface area contributed by atoms with Crippen LogP contribution >= 0.6 is 0 Å². The molecule has 0 radical (unpaired) electrons. The highest BCUT2D eigenvalue weighted by Crippen LogP contribution is 2.11. The molecular weight excluding hydrogens is 308 g/mol. The van der Waals surface area contributed by atoms with Gasteiger partial charge in [-0.15, -0.1) is 16.8 Å². The van der Waals surface area contributed by atoms with E-state index in [4.69, 9.17) is 9.11 Å². The summed E-state index contributed by atoms with van der Waals surface area (Å²) in [6.45, 7) is 0. The number of aromatic nitrogens is 2. The fraction of sp³-hybridized carbons (Fsp3) is 0. The summed E-state index contributed by atoms with van der Waals surface area (Å²) in [5.41, 5.74) is -0.263. The van der Waals surface area contributed by atoms with Gasteiger partial charge in [0.15, 0.2) is 12.4 Å². The highest BCUT2D eigenvalue weighted by Gasteiger charge is 2.33. The standard InChI is InChI=1S/C10H8N2O6S2/c13-19(14,15)11-7-3-1-5-9(11)10-6-2-4-8-12(10)20(16,17)18/h1-8H/p+2. The third kappa shape index (κ3) is 2.82. The third-order valence-electron chi connectivity index (χ3n) is 2.41. The Hall–Kier alpha value is -1.88. The van der Waals surface area contributed by atoms with Crippen LogP contribution in [0.2, 0.25) is 0 Å². The Morgan fingerprint density at radius 2 is 1.05 bits per heavy atom. The second kappa shape index (κ2) is 4.90. The van der Waals surface area contributed by atoms with Crippen molar-refractivity contribution in [3.63, 3.8) is 0 Å². The number of pyridine rings is 2. The van der Waals surface area contributed by atoms with E-state index < -0.39 is 20.6 Å². The summed E-state index contributed by atoms with van der Waals surface area (Å²) >= 11 is 0. The molecule has 10 heteroatoms. The normalized spacial score (nSPS) is 12.3. The molecule has 2 N–H and O–H groups in total. The van der Waals surface area contributed by atoms with Crippen LogP contribution < -0.4 is 7.94 Å². The van der Waals surface area contributed by atoms with Gasteiger partial charge in [0, 0.05) is 24.3 Å². The van der Waals surface area contributed by atoms with Gasteiger partial charge >= 0.3 is 20.6 Å². The van der Waals surface area contributed by atoms with Crippen molar-refractivity contribution in [2.24, 2.45) is 0 Å².